The van der Waals surface area contributed by atoms with Crippen molar-refractivity contribution in [3.8, 4) is 11.1 Å². The van der Waals surface area contributed by atoms with Crippen LogP contribution in [0.4, 0.5) is 8.78 Å². The van der Waals surface area contributed by atoms with Gasteiger partial charge in [0.25, 0.3) is 5.56 Å². The minimum absolute atomic E-state index is 0.129. The standard InChI is InChI=1S/C23H16F2N2O2/c24-17-9-10-18(20(25)13-17)15-5-7-16(8-6-15)22(28)11-12-27-14-26-21-4-2-1-3-19(21)23(27)29/h1-10,13-14H,11-12H2. The largest absolute Gasteiger partial charge is 0.298 e. The van der Waals surface area contributed by atoms with Crippen LogP contribution < -0.4 is 5.56 Å². The average molecular weight is 390 g/mol. The van der Waals surface area contributed by atoms with Crippen molar-refractivity contribution in [2.75, 3.05) is 0 Å². The minimum Gasteiger partial charge on any atom is -0.298 e. The van der Waals surface area contributed by atoms with Crippen LogP contribution in [-0.2, 0) is 6.54 Å². The maximum Gasteiger partial charge on any atom is 0.261 e. The van der Waals surface area contributed by atoms with Gasteiger partial charge < -0.3 is 0 Å². The number of fused-ring (bicyclic) bond motifs is 1. The second kappa shape index (κ2) is 7.75. The van der Waals surface area contributed by atoms with Gasteiger partial charge in [0.05, 0.1) is 17.2 Å². The lowest BCUT2D eigenvalue weighted by Crippen LogP contribution is -2.22. The van der Waals surface area contributed by atoms with Gasteiger partial charge in [-0.3, -0.25) is 14.2 Å². The smallest absolute Gasteiger partial charge is 0.261 e. The third-order valence-electron chi connectivity index (χ3n) is 4.76. The number of halogens is 2. The van der Waals surface area contributed by atoms with Crippen LogP contribution in [0.2, 0.25) is 0 Å². The molecule has 0 aliphatic rings. The fourth-order valence-electron chi connectivity index (χ4n) is 3.19. The fourth-order valence-corrected chi connectivity index (χ4v) is 3.19. The molecule has 0 fully saturated rings. The topological polar surface area (TPSA) is 52.0 Å². The number of para-hydroxylation sites is 1. The van der Waals surface area contributed by atoms with Crippen molar-refractivity contribution in [3.63, 3.8) is 0 Å². The van der Waals surface area contributed by atoms with Crippen molar-refractivity contribution in [1.82, 2.24) is 9.55 Å². The zero-order valence-corrected chi connectivity index (χ0v) is 15.3. The van der Waals surface area contributed by atoms with Crippen molar-refractivity contribution in [3.05, 3.63) is 101 Å². The van der Waals surface area contributed by atoms with Gasteiger partial charge in [0.2, 0.25) is 0 Å². The van der Waals surface area contributed by atoms with Gasteiger partial charge >= 0.3 is 0 Å². The maximum absolute atomic E-state index is 13.9. The molecule has 0 saturated carbocycles. The highest BCUT2D eigenvalue weighted by atomic mass is 19.1. The molecule has 144 valence electrons. The van der Waals surface area contributed by atoms with Crippen LogP contribution in [0.25, 0.3) is 22.0 Å². The Labute approximate surface area is 165 Å². The van der Waals surface area contributed by atoms with E-state index in [9.17, 15) is 18.4 Å². The molecule has 0 unspecified atom stereocenters. The van der Waals surface area contributed by atoms with Gasteiger partial charge in [-0.15, -0.1) is 0 Å². The number of nitrogens with zero attached hydrogens (tertiary/aromatic N) is 2. The van der Waals surface area contributed by atoms with Gasteiger partial charge in [-0.1, -0.05) is 36.4 Å². The zero-order chi connectivity index (χ0) is 20.4. The van der Waals surface area contributed by atoms with E-state index in [1.165, 1.54) is 23.0 Å². The van der Waals surface area contributed by atoms with E-state index < -0.39 is 11.6 Å². The third kappa shape index (κ3) is 3.82. The van der Waals surface area contributed by atoms with Crippen LogP contribution >= 0.6 is 0 Å². The van der Waals surface area contributed by atoms with Gasteiger partial charge in [-0.2, -0.15) is 0 Å². The molecule has 0 bridgehead atoms. The van der Waals surface area contributed by atoms with Crippen LogP contribution in [0.15, 0.2) is 77.9 Å². The highest BCUT2D eigenvalue weighted by Gasteiger charge is 2.11. The summed E-state index contributed by atoms with van der Waals surface area (Å²) in [6.07, 6.45) is 1.57. The van der Waals surface area contributed by atoms with E-state index in [0.29, 0.717) is 22.0 Å². The first-order chi connectivity index (χ1) is 14.0. The summed E-state index contributed by atoms with van der Waals surface area (Å²) in [7, 11) is 0. The van der Waals surface area contributed by atoms with E-state index in [0.717, 1.165) is 6.07 Å². The van der Waals surface area contributed by atoms with Crippen molar-refractivity contribution in [2.45, 2.75) is 13.0 Å². The predicted molar refractivity (Wildman–Crippen MR) is 107 cm³/mol. The number of Topliss-reactive ketones (excluding diaryl/α,β-unsaturated/α-hetero) is 1. The molecular formula is C23H16F2N2O2. The van der Waals surface area contributed by atoms with Crippen LogP contribution in [0.1, 0.15) is 16.8 Å². The molecule has 4 nitrogen and oxygen atoms in total. The number of aryl methyl sites for hydroxylation is 1. The molecular weight excluding hydrogens is 374 g/mol. The second-order valence-electron chi connectivity index (χ2n) is 6.63. The minimum atomic E-state index is -0.660. The summed E-state index contributed by atoms with van der Waals surface area (Å²) in [4.78, 5) is 29.2. The first-order valence-corrected chi connectivity index (χ1v) is 9.06. The van der Waals surface area contributed by atoms with E-state index >= 15 is 0 Å². The van der Waals surface area contributed by atoms with E-state index in [1.807, 2.05) is 6.07 Å². The summed E-state index contributed by atoms with van der Waals surface area (Å²) < 4.78 is 28.4. The zero-order valence-electron chi connectivity index (χ0n) is 15.3. The van der Waals surface area contributed by atoms with Gasteiger partial charge in [0.15, 0.2) is 5.78 Å². The number of benzene rings is 3. The van der Waals surface area contributed by atoms with Crippen molar-refractivity contribution in [2.24, 2.45) is 0 Å². The SMILES string of the molecule is O=C(CCn1cnc2ccccc2c1=O)c1ccc(-c2ccc(F)cc2F)cc1. The quantitative estimate of drug-likeness (QED) is 0.468. The second-order valence-corrected chi connectivity index (χ2v) is 6.63. The van der Waals surface area contributed by atoms with Gasteiger partial charge in [0, 0.05) is 30.2 Å². The number of hydrogen-bond acceptors (Lipinski definition) is 3. The number of ketones is 1. The molecule has 0 spiro atoms. The highest BCUT2D eigenvalue weighted by Crippen LogP contribution is 2.24. The number of carbonyl (C=O) groups is 1. The Kier molecular flexibility index (Phi) is 4.99. The van der Waals surface area contributed by atoms with E-state index in [4.69, 9.17) is 0 Å². The average Bonchev–Trinajstić information content (AvgIpc) is 2.73. The molecule has 1 heterocycles. The summed E-state index contributed by atoms with van der Waals surface area (Å²) in [6.45, 7) is 0.212. The maximum atomic E-state index is 13.9. The third-order valence-corrected chi connectivity index (χ3v) is 4.76. The fraction of sp³-hybridized carbons (Fsp3) is 0.0870. The number of carbonyl (C=O) groups excluding carboxylic acids is 1. The molecule has 0 atom stereocenters. The van der Waals surface area contributed by atoms with Crippen LogP contribution in [-0.4, -0.2) is 15.3 Å². The molecule has 0 radical (unpaired) electrons. The Morgan fingerprint density at radius 2 is 1.72 bits per heavy atom. The number of hydrogen-bond donors (Lipinski definition) is 0. The predicted octanol–water partition coefficient (Wildman–Crippen LogP) is 4.61. The van der Waals surface area contributed by atoms with Crippen molar-refractivity contribution >= 4 is 16.7 Å². The molecule has 0 saturated heterocycles. The van der Waals surface area contributed by atoms with Crippen LogP contribution in [0.3, 0.4) is 0 Å². The highest BCUT2D eigenvalue weighted by molar-refractivity contribution is 5.96. The Bertz CT molecular complexity index is 1260. The van der Waals surface area contributed by atoms with E-state index in [-0.39, 0.29) is 29.9 Å². The summed E-state index contributed by atoms with van der Waals surface area (Å²) in [5, 5.41) is 0.508. The van der Waals surface area contributed by atoms with E-state index in [2.05, 4.69) is 4.98 Å². The van der Waals surface area contributed by atoms with E-state index in [1.54, 1.807) is 42.5 Å². The van der Waals surface area contributed by atoms with Crippen molar-refractivity contribution in [1.29, 1.82) is 0 Å². The Hall–Kier alpha value is -3.67. The summed E-state index contributed by atoms with van der Waals surface area (Å²) in [5.74, 6) is -1.44. The molecule has 6 heteroatoms. The lowest BCUT2D eigenvalue weighted by Gasteiger charge is -2.07. The van der Waals surface area contributed by atoms with Crippen molar-refractivity contribution < 1.29 is 13.6 Å². The molecule has 0 amide bonds. The summed E-state index contributed by atoms with van der Waals surface area (Å²) >= 11 is 0. The lowest BCUT2D eigenvalue weighted by molar-refractivity contribution is 0.0976. The molecule has 4 rings (SSSR count). The van der Waals surface area contributed by atoms with Gasteiger partial charge in [-0.25, -0.2) is 13.8 Å². The Balaban J connectivity index is 1.49. The Morgan fingerprint density at radius 1 is 0.966 bits per heavy atom. The summed E-state index contributed by atoms with van der Waals surface area (Å²) in [6, 6.07) is 16.9. The summed E-state index contributed by atoms with van der Waals surface area (Å²) in [5.41, 5.74) is 1.69. The molecule has 0 N–H and O–H groups in total. The van der Waals surface area contributed by atoms with Crippen LogP contribution in [0, 0.1) is 11.6 Å². The lowest BCUT2D eigenvalue weighted by atomic mass is 10.0. The van der Waals surface area contributed by atoms with Gasteiger partial charge in [0.1, 0.15) is 11.6 Å². The Morgan fingerprint density at radius 3 is 2.48 bits per heavy atom. The number of aromatic nitrogens is 2. The normalized spacial score (nSPS) is 11.0. The monoisotopic (exact) mass is 390 g/mol. The van der Waals surface area contributed by atoms with Crippen LogP contribution in [0.5, 0.6) is 0 Å². The molecule has 0 aliphatic carbocycles. The van der Waals surface area contributed by atoms with Gasteiger partial charge in [-0.05, 0) is 29.8 Å². The molecule has 0 aliphatic heterocycles. The number of rotatable bonds is 5. The molecule has 3 aromatic carbocycles. The molecule has 1 aromatic heterocycles. The molecule has 29 heavy (non-hydrogen) atoms. The first kappa shape index (κ1) is 18.7. The first-order valence-electron chi connectivity index (χ1n) is 9.06. The molecule has 4 aromatic rings.